The highest BCUT2D eigenvalue weighted by atomic mass is 35.5. The van der Waals surface area contributed by atoms with Crippen molar-refractivity contribution in [1.29, 1.82) is 0 Å². The number of hydrogen-bond donors (Lipinski definition) is 1. The van der Waals surface area contributed by atoms with Crippen LogP contribution in [0.2, 0.25) is 5.02 Å². The molecule has 2 rings (SSSR count). The molecular weight excluding hydrogens is 223 g/mol. The van der Waals surface area contributed by atoms with Crippen LogP contribution in [0.15, 0.2) is 6.07 Å². The topological polar surface area (TPSA) is 38.7 Å². The maximum Gasteiger partial charge on any atom is 0.231 e. The fourth-order valence-electron chi connectivity index (χ4n) is 1.50. The Morgan fingerprint density at radius 2 is 2.33 bits per heavy atom. The van der Waals surface area contributed by atoms with Crippen molar-refractivity contribution in [2.45, 2.75) is 19.4 Å². The molecule has 0 saturated heterocycles. The summed E-state index contributed by atoms with van der Waals surface area (Å²) in [5.41, 5.74) is 0.333. The SMILES string of the molecule is CC(O)Cc1cc2c(c(Cl)c1F)OCO2. The first kappa shape index (κ1) is 10.5. The molecule has 0 radical (unpaired) electrons. The molecule has 0 aliphatic carbocycles. The molecule has 82 valence electrons. The van der Waals surface area contributed by atoms with E-state index in [4.69, 9.17) is 21.1 Å². The molecule has 0 amide bonds. The van der Waals surface area contributed by atoms with Gasteiger partial charge in [-0.05, 0) is 18.6 Å². The van der Waals surface area contributed by atoms with Gasteiger partial charge in [-0.3, -0.25) is 0 Å². The predicted molar refractivity (Wildman–Crippen MR) is 52.9 cm³/mol. The first-order chi connectivity index (χ1) is 7.09. The van der Waals surface area contributed by atoms with E-state index < -0.39 is 11.9 Å². The van der Waals surface area contributed by atoms with Crippen molar-refractivity contribution in [3.63, 3.8) is 0 Å². The molecular formula is C10H10ClFO3. The molecule has 1 aromatic rings. The highest BCUT2D eigenvalue weighted by molar-refractivity contribution is 6.32. The number of aliphatic hydroxyl groups excluding tert-OH is 1. The van der Waals surface area contributed by atoms with E-state index in [1.54, 1.807) is 6.92 Å². The number of hydrogen-bond acceptors (Lipinski definition) is 3. The van der Waals surface area contributed by atoms with Crippen molar-refractivity contribution >= 4 is 11.6 Å². The number of halogens is 2. The molecule has 1 N–H and O–H groups in total. The highest BCUT2D eigenvalue weighted by Gasteiger charge is 2.23. The average Bonchev–Trinajstić information content (AvgIpc) is 2.61. The van der Waals surface area contributed by atoms with E-state index in [0.717, 1.165) is 0 Å². The Kier molecular flexibility index (Phi) is 2.71. The van der Waals surface area contributed by atoms with Gasteiger partial charge in [0, 0.05) is 6.42 Å². The quantitative estimate of drug-likeness (QED) is 0.849. The Labute approximate surface area is 91.4 Å². The van der Waals surface area contributed by atoms with Crippen LogP contribution in [0.4, 0.5) is 4.39 Å². The second-order valence-corrected chi connectivity index (χ2v) is 3.83. The molecule has 0 bridgehead atoms. The van der Waals surface area contributed by atoms with E-state index in [0.29, 0.717) is 11.3 Å². The third kappa shape index (κ3) is 1.87. The van der Waals surface area contributed by atoms with Crippen molar-refractivity contribution in [2.24, 2.45) is 0 Å². The zero-order valence-electron chi connectivity index (χ0n) is 8.09. The third-order valence-corrected chi connectivity index (χ3v) is 2.47. The summed E-state index contributed by atoms with van der Waals surface area (Å²) in [4.78, 5) is 0. The van der Waals surface area contributed by atoms with E-state index in [9.17, 15) is 9.50 Å². The van der Waals surface area contributed by atoms with Crippen molar-refractivity contribution < 1.29 is 19.0 Å². The summed E-state index contributed by atoms with van der Waals surface area (Å²) in [6.07, 6.45) is -0.432. The van der Waals surface area contributed by atoms with Gasteiger partial charge in [0.2, 0.25) is 6.79 Å². The highest BCUT2D eigenvalue weighted by Crippen LogP contribution is 2.42. The summed E-state index contributed by atoms with van der Waals surface area (Å²) in [5.74, 6) is 0.113. The normalized spacial score (nSPS) is 15.5. The van der Waals surface area contributed by atoms with Crippen LogP contribution in [0.3, 0.4) is 0 Å². The molecule has 3 nitrogen and oxygen atoms in total. The molecule has 1 aromatic carbocycles. The van der Waals surface area contributed by atoms with Gasteiger partial charge in [-0.25, -0.2) is 4.39 Å². The monoisotopic (exact) mass is 232 g/mol. The summed E-state index contributed by atoms with van der Waals surface area (Å²) in [6, 6.07) is 1.51. The van der Waals surface area contributed by atoms with Crippen molar-refractivity contribution in [1.82, 2.24) is 0 Å². The standard InChI is InChI=1S/C10H10ClFO3/c1-5(13)2-6-3-7-10(15-4-14-7)8(11)9(6)12/h3,5,13H,2,4H2,1H3. The van der Waals surface area contributed by atoms with E-state index in [1.165, 1.54) is 6.07 Å². The van der Waals surface area contributed by atoms with E-state index in [2.05, 4.69) is 0 Å². The average molecular weight is 233 g/mol. The molecule has 1 atom stereocenters. The van der Waals surface area contributed by atoms with Gasteiger partial charge in [-0.15, -0.1) is 0 Å². The zero-order chi connectivity index (χ0) is 11.0. The Bertz CT molecular complexity index is 393. The number of benzene rings is 1. The lowest BCUT2D eigenvalue weighted by molar-refractivity contribution is 0.174. The fourth-order valence-corrected chi connectivity index (χ4v) is 1.77. The Morgan fingerprint density at radius 1 is 1.60 bits per heavy atom. The van der Waals surface area contributed by atoms with E-state index >= 15 is 0 Å². The van der Waals surface area contributed by atoms with Crippen LogP contribution in [0, 0.1) is 5.82 Å². The van der Waals surface area contributed by atoms with Gasteiger partial charge in [0.25, 0.3) is 0 Å². The first-order valence-corrected chi connectivity index (χ1v) is 4.92. The lowest BCUT2D eigenvalue weighted by Crippen LogP contribution is -2.06. The summed E-state index contributed by atoms with van der Waals surface area (Å²) in [6.45, 7) is 1.63. The summed E-state index contributed by atoms with van der Waals surface area (Å²) >= 11 is 5.77. The largest absolute Gasteiger partial charge is 0.454 e. The second-order valence-electron chi connectivity index (χ2n) is 3.45. The smallest absolute Gasteiger partial charge is 0.231 e. The van der Waals surface area contributed by atoms with Crippen LogP contribution in [-0.2, 0) is 6.42 Å². The predicted octanol–water partition coefficient (Wildman–Crippen LogP) is 2.13. The maximum atomic E-state index is 13.6. The van der Waals surface area contributed by atoms with Gasteiger partial charge in [0.05, 0.1) is 6.10 Å². The molecule has 1 aliphatic heterocycles. The molecule has 15 heavy (non-hydrogen) atoms. The Hall–Kier alpha value is -1.00. The number of fused-ring (bicyclic) bond motifs is 1. The van der Waals surface area contributed by atoms with E-state index in [-0.39, 0.29) is 24.0 Å². The minimum absolute atomic E-state index is 0.0482. The van der Waals surface area contributed by atoms with Gasteiger partial charge in [-0.2, -0.15) is 0 Å². The van der Waals surface area contributed by atoms with Crippen LogP contribution in [0.1, 0.15) is 12.5 Å². The lowest BCUT2D eigenvalue weighted by atomic mass is 10.1. The zero-order valence-corrected chi connectivity index (χ0v) is 8.84. The van der Waals surface area contributed by atoms with E-state index in [1.807, 2.05) is 0 Å². The lowest BCUT2D eigenvalue weighted by Gasteiger charge is -2.08. The van der Waals surface area contributed by atoms with Crippen molar-refractivity contribution in [2.75, 3.05) is 6.79 Å². The minimum Gasteiger partial charge on any atom is -0.454 e. The van der Waals surface area contributed by atoms with Gasteiger partial charge in [0.15, 0.2) is 11.5 Å². The Morgan fingerprint density at radius 3 is 3.00 bits per heavy atom. The van der Waals surface area contributed by atoms with Gasteiger partial charge >= 0.3 is 0 Å². The second kappa shape index (κ2) is 3.87. The van der Waals surface area contributed by atoms with Crippen LogP contribution < -0.4 is 9.47 Å². The molecule has 0 spiro atoms. The van der Waals surface area contributed by atoms with Gasteiger partial charge < -0.3 is 14.6 Å². The molecule has 1 aliphatic rings. The number of ether oxygens (including phenoxy) is 2. The molecule has 0 saturated carbocycles. The number of aliphatic hydroxyl groups is 1. The summed E-state index contributed by atoms with van der Waals surface area (Å²) in [5, 5.41) is 9.11. The Balaban J connectivity index is 2.44. The fraction of sp³-hybridized carbons (Fsp3) is 0.400. The van der Waals surface area contributed by atoms with Crippen LogP contribution in [0.25, 0.3) is 0 Å². The minimum atomic E-state index is -0.629. The summed E-state index contributed by atoms with van der Waals surface area (Å²) in [7, 11) is 0. The summed E-state index contributed by atoms with van der Waals surface area (Å²) < 4.78 is 23.8. The van der Waals surface area contributed by atoms with Crippen LogP contribution >= 0.6 is 11.6 Å². The van der Waals surface area contributed by atoms with Crippen LogP contribution in [0.5, 0.6) is 11.5 Å². The molecule has 0 fully saturated rings. The first-order valence-electron chi connectivity index (χ1n) is 4.54. The molecule has 1 heterocycles. The van der Waals surface area contributed by atoms with Gasteiger partial charge in [-0.1, -0.05) is 11.6 Å². The molecule has 0 aromatic heterocycles. The number of rotatable bonds is 2. The molecule has 1 unspecified atom stereocenters. The van der Waals surface area contributed by atoms with Crippen LogP contribution in [-0.4, -0.2) is 18.0 Å². The van der Waals surface area contributed by atoms with Gasteiger partial charge in [0.1, 0.15) is 10.8 Å². The maximum absolute atomic E-state index is 13.6. The third-order valence-electron chi connectivity index (χ3n) is 2.14. The van der Waals surface area contributed by atoms with Crippen molar-refractivity contribution in [3.05, 3.63) is 22.5 Å². The van der Waals surface area contributed by atoms with Crippen molar-refractivity contribution in [3.8, 4) is 11.5 Å². The molecule has 5 heteroatoms.